The number of hydrogen-bond donors (Lipinski definition) is 1. The highest BCUT2D eigenvalue weighted by Gasteiger charge is 2.35. The second-order valence-electron chi connectivity index (χ2n) is 5.46. The zero-order valence-corrected chi connectivity index (χ0v) is 13.6. The molecule has 0 bridgehead atoms. The van der Waals surface area contributed by atoms with Crippen molar-refractivity contribution < 1.29 is 5.11 Å². The molecule has 1 N–H and O–H groups in total. The van der Waals surface area contributed by atoms with E-state index < -0.39 is 6.10 Å². The van der Waals surface area contributed by atoms with Gasteiger partial charge in [-0.3, -0.25) is 4.99 Å². The Hall–Kier alpha value is -1.30. The maximum absolute atomic E-state index is 10.1. The van der Waals surface area contributed by atoms with Gasteiger partial charge in [-0.25, -0.2) is 0 Å². The molecule has 0 saturated heterocycles. The molecule has 0 fully saturated rings. The molecule has 2 aliphatic rings. The second kappa shape index (κ2) is 4.87. The summed E-state index contributed by atoms with van der Waals surface area (Å²) >= 11 is 3.42. The van der Waals surface area contributed by atoms with Gasteiger partial charge in [0.1, 0.15) is 0 Å². The molecule has 2 aromatic rings. The predicted octanol–water partition coefficient (Wildman–Crippen LogP) is 3.68. The van der Waals surface area contributed by atoms with E-state index >= 15 is 0 Å². The fourth-order valence-corrected chi connectivity index (χ4v) is 5.22. The molecule has 0 aliphatic carbocycles. The van der Waals surface area contributed by atoms with E-state index in [1.54, 1.807) is 23.1 Å². The zero-order valence-electron chi connectivity index (χ0n) is 12.0. The largest absolute Gasteiger partial charge is 0.388 e. The van der Waals surface area contributed by atoms with Crippen LogP contribution in [0.5, 0.6) is 0 Å². The molecule has 1 atom stereocenters. The Morgan fingerprint density at radius 2 is 2.19 bits per heavy atom. The van der Waals surface area contributed by atoms with Gasteiger partial charge in [-0.1, -0.05) is 23.9 Å². The first-order valence-electron chi connectivity index (χ1n) is 7.06. The lowest BCUT2D eigenvalue weighted by molar-refractivity contribution is 0.240. The van der Waals surface area contributed by atoms with Crippen molar-refractivity contribution in [1.82, 2.24) is 4.90 Å². The first kappa shape index (κ1) is 13.4. The molecule has 21 heavy (non-hydrogen) atoms. The number of aliphatic hydroxyl groups excluding tert-OH is 1. The number of thiophene rings is 1. The van der Waals surface area contributed by atoms with Crippen LogP contribution in [-0.2, 0) is 0 Å². The lowest BCUT2D eigenvalue weighted by atomic mass is 10.1. The van der Waals surface area contributed by atoms with Crippen molar-refractivity contribution in [3.05, 3.63) is 39.6 Å². The van der Waals surface area contributed by atoms with E-state index in [1.165, 1.54) is 20.5 Å². The van der Waals surface area contributed by atoms with Crippen LogP contribution in [0.25, 0.3) is 15.8 Å². The highest BCUT2D eigenvalue weighted by atomic mass is 32.2. The SMILES string of the molecule is Cc1ccc2cc(C3=C(C(C)O)SC4=NCCN43)sc2c1. The van der Waals surface area contributed by atoms with E-state index in [1.807, 2.05) is 6.92 Å². The van der Waals surface area contributed by atoms with E-state index in [4.69, 9.17) is 0 Å². The minimum Gasteiger partial charge on any atom is -0.388 e. The van der Waals surface area contributed by atoms with E-state index in [9.17, 15) is 5.11 Å². The number of fused-ring (bicyclic) bond motifs is 2. The molecule has 1 aromatic carbocycles. The van der Waals surface area contributed by atoms with E-state index in [0.717, 1.165) is 28.9 Å². The Bertz CT molecular complexity index is 789. The fraction of sp³-hybridized carbons (Fsp3) is 0.312. The molecule has 3 heterocycles. The van der Waals surface area contributed by atoms with Gasteiger partial charge in [-0.15, -0.1) is 11.3 Å². The number of rotatable bonds is 2. The third-order valence-corrected chi connectivity index (χ3v) is 6.19. The van der Waals surface area contributed by atoms with Crippen molar-refractivity contribution >= 4 is 44.0 Å². The minimum absolute atomic E-state index is 0.453. The van der Waals surface area contributed by atoms with Crippen LogP contribution in [0.3, 0.4) is 0 Å². The second-order valence-corrected chi connectivity index (χ2v) is 7.55. The summed E-state index contributed by atoms with van der Waals surface area (Å²) in [6, 6.07) is 8.79. The predicted molar refractivity (Wildman–Crippen MR) is 91.8 cm³/mol. The quantitative estimate of drug-likeness (QED) is 0.918. The van der Waals surface area contributed by atoms with Crippen LogP contribution in [-0.4, -0.2) is 34.4 Å². The smallest absolute Gasteiger partial charge is 0.168 e. The number of benzene rings is 1. The van der Waals surface area contributed by atoms with Crippen LogP contribution in [0.4, 0.5) is 0 Å². The third-order valence-electron chi connectivity index (χ3n) is 3.79. The molecule has 0 amide bonds. The highest BCUT2D eigenvalue weighted by molar-refractivity contribution is 8.17. The highest BCUT2D eigenvalue weighted by Crippen LogP contribution is 2.45. The number of nitrogens with zero attached hydrogens (tertiary/aromatic N) is 2. The summed E-state index contributed by atoms with van der Waals surface area (Å²) in [5.74, 6) is 0. The van der Waals surface area contributed by atoms with Crippen LogP contribution in [0.15, 0.2) is 34.2 Å². The van der Waals surface area contributed by atoms with Gasteiger partial charge in [0.25, 0.3) is 0 Å². The number of aliphatic imine (C=N–C) groups is 1. The van der Waals surface area contributed by atoms with Gasteiger partial charge in [0.15, 0.2) is 5.17 Å². The van der Waals surface area contributed by atoms with E-state index in [2.05, 4.69) is 41.1 Å². The van der Waals surface area contributed by atoms with Crippen molar-refractivity contribution in [3.8, 4) is 0 Å². The summed E-state index contributed by atoms with van der Waals surface area (Å²) in [6.45, 7) is 5.72. The van der Waals surface area contributed by atoms with Crippen LogP contribution in [0, 0.1) is 6.92 Å². The normalized spacial score (nSPS) is 19.4. The monoisotopic (exact) mass is 316 g/mol. The maximum Gasteiger partial charge on any atom is 0.168 e. The lowest BCUT2D eigenvalue weighted by Gasteiger charge is -2.16. The Labute approximate surface area is 132 Å². The van der Waals surface area contributed by atoms with Crippen molar-refractivity contribution in [2.75, 3.05) is 13.1 Å². The standard InChI is InChI=1S/C16H16N2OS2/c1-9-3-4-11-8-13(20-12(11)7-9)14-15(10(2)19)21-16-17-5-6-18(14)16/h3-4,7-8,10,19H,5-6H2,1-2H3. The summed E-state index contributed by atoms with van der Waals surface area (Å²) in [7, 11) is 0. The molecule has 1 unspecified atom stereocenters. The van der Waals surface area contributed by atoms with Crippen LogP contribution < -0.4 is 0 Å². The Kier molecular flexibility index (Phi) is 3.10. The number of amidine groups is 1. The summed E-state index contributed by atoms with van der Waals surface area (Å²) < 4.78 is 1.30. The number of aryl methyl sites for hydroxylation is 1. The van der Waals surface area contributed by atoms with Gasteiger partial charge in [-0.05, 0) is 36.9 Å². The van der Waals surface area contributed by atoms with Crippen LogP contribution in [0.2, 0.25) is 0 Å². The molecule has 1 aromatic heterocycles. The lowest BCUT2D eigenvalue weighted by Crippen LogP contribution is -2.19. The summed E-state index contributed by atoms with van der Waals surface area (Å²) in [6.07, 6.45) is -0.453. The van der Waals surface area contributed by atoms with Gasteiger partial charge in [-0.2, -0.15) is 0 Å². The van der Waals surface area contributed by atoms with Gasteiger partial charge >= 0.3 is 0 Å². The fourth-order valence-electron chi connectivity index (χ4n) is 2.79. The van der Waals surface area contributed by atoms with E-state index in [0.29, 0.717) is 0 Å². The average molecular weight is 316 g/mol. The van der Waals surface area contributed by atoms with Crippen LogP contribution in [0.1, 0.15) is 17.4 Å². The topological polar surface area (TPSA) is 35.8 Å². The van der Waals surface area contributed by atoms with Gasteiger partial charge in [0.2, 0.25) is 0 Å². The van der Waals surface area contributed by atoms with Crippen molar-refractivity contribution in [3.63, 3.8) is 0 Å². The van der Waals surface area contributed by atoms with Gasteiger partial charge in [0.05, 0.1) is 23.2 Å². The maximum atomic E-state index is 10.1. The van der Waals surface area contributed by atoms with Crippen molar-refractivity contribution in [2.45, 2.75) is 20.0 Å². The molecule has 3 nitrogen and oxygen atoms in total. The molecule has 2 aliphatic heterocycles. The molecule has 0 radical (unpaired) electrons. The molecule has 0 saturated carbocycles. The van der Waals surface area contributed by atoms with Crippen LogP contribution >= 0.6 is 23.1 Å². The third kappa shape index (κ3) is 2.11. The molecular weight excluding hydrogens is 300 g/mol. The average Bonchev–Trinajstić information content (AvgIpc) is 3.09. The van der Waals surface area contributed by atoms with Crippen molar-refractivity contribution in [2.24, 2.45) is 4.99 Å². The number of thioether (sulfide) groups is 1. The summed E-state index contributed by atoms with van der Waals surface area (Å²) in [5, 5.41) is 12.4. The summed E-state index contributed by atoms with van der Waals surface area (Å²) in [5.41, 5.74) is 2.44. The first-order chi connectivity index (χ1) is 10.1. The Balaban J connectivity index is 1.88. The van der Waals surface area contributed by atoms with E-state index in [-0.39, 0.29) is 0 Å². The first-order valence-corrected chi connectivity index (χ1v) is 8.69. The number of hydrogen-bond acceptors (Lipinski definition) is 5. The number of aliphatic hydroxyl groups is 1. The molecule has 108 valence electrons. The Morgan fingerprint density at radius 3 is 3.00 bits per heavy atom. The Morgan fingerprint density at radius 1 is 1.33 bits per heavy atom. The summed E-state index contributed by atoms with van der Waals surface area (Å²) in [4.78, 5) is 9.04. The molecule has 0 spiro atoms. The van der Waals surface area contributed by atoms with Gasteiger partial charge < -0.3 is 10.0 Å². The van der Waals surface area contributed by atoms with Gasteiger partial charge in [0, 0.05) is 16.1 Å². The molecule has 5 heteroatoms. The molecule has 4 rings (SSSR count). The minimum atomic E-state index is -0.453. The van der Waals surface area contributed by atoms with Crippen molar-refractivity contribution in [1.29, 1.82) is 0 Å². The molecular formula is C16H16N2OS2. The zero-order chi connectivity index (χ0) is 14.6.